The first kappa shape index (κ1) is 14.8. The number of benzene rings is 2. The van der Waals surface area contributed by atoms with Crippen molar-refractivity contribution in [2.45, 2.75) is 0 Å². The molecule has 0 saturated heterocycles. The van der Waals surface area contributed by atoms with Gasteiger partial charge in [0.1, 0.15) is 0 Å². The zero-order valence-corrected chi connectivity index (χ0v) is 10.9. The Labute approximate surface area is 118 Å². The van der Waals surface area contributed by atoms with Gasteiger partial charge in [0.15, 0.2) is 23.2 Å². The maximum Gasteiger partial charge on any atom is 0.213 e. The lowest BCUT2D eigenvalue weighted by molar-refractivity contribution is -0.107. The SMILES string of the molecule is CN(C=O)c1ccc(C(=O)c2ccc(F)c(F)c2F)cc1. The zero-order chi connectivity index (χ0) is 15.6. The van der Waals surface area contributed by atoms with Crippen molar-refractivity contribution in [3.8, 4) is 0 Å². The summed E-state index contributed by atoms with van der Waals surface area (Å²) in [5.41, 5.74) is 0.0839. The smallest absolute Gasteiger partial charge is 0.213 e. The highest BCUT2D eigenvalue weighted by Gasteiger charge is 2.19. The van der Waals surface area contributed by atoms with Gasteiger partial charge in [0.2, 0.25) is 6.41 Å². The monoisotopic (exact) mass is 293 g/mol. The molecule has 6 heteroatoms. The molecule has 0 aliphatic carbocycles. The normalized spacial score (nSPS) is 10.3. The standard InChI is InChI=1S/C15H10F3NO2/c1-19(8-20)10-4-2-9(3-5-10)15(21)11-6-7-12(16)14(18)13(11)17/h2-8H,1H3. The van der Waals surface area contributed by atoms with Gasteiger partial charge in [-0.15, -0.1) is 0 Å². The molecule has 0 aliphatic heterocycles. The second-order valence-corrected chi connectivity index (χ2v) is 4.32. The van der Waals surface area contributed by atoms with Crippen molar-refractivity contribution in [2.75, 3.05) is 11.9 Å². The van der Waals surface area contributed by atoms with Gasteiger partial charge in [-0.3, -0.25) is 9.59 Å². The Bertz CT molecular complexity index is 699. The molecule has 0 heterocycles. The van der Waals surface area contributed by atoms with Crippen LogP contribution in [-0.2, 0) is 4.79 Å². The molecule has 1 amide bonds. The predicted molar refractivity (Wildman–Crippen MR) is 70.7 cm³/mol. The Balaban J connectivity index is 2.37. The molecule has 3 nitrogen and oxygen atoms in total. The third-order valence-electron chi connectivity index (χ3n) is 2.97. The van der Waals surface area contributed by atoms with Crippen LogP contribution in [0, 0.1) is 17.5 Å². The average molecular weight is 293 g/mol. The molecule has 2 aromatic rings. The summed E-state index contributed by atoms with van der Waals surface area (Å²) in [6, 6.07) is 7.30. The Hall–Kier alpha value is -2.63. The van der Waals surface area contributed by atoms with Gasteiger partial charge in [-0.1, -0.05) is 0 Å². The molecular formula is C15H10F3NO2. The number of ketones is 1. The van der Waals surface area contributed by atoms with E-state index >= 15 is 0 Å². The summed E-state index contributed by atoms with van der Waals surface area (Å²) >= 11 is 0. The molecule has 0 fully saturated rings. The molecular weight excluding hydrogens is 283 g/mol. The van der Waals surface area contributed by atoms with Gasteiger partial charge < -0.3 is 4.90 Å². The van der Waals surface area contributed by atoms with E-state index in [1.165, 1.54) is 36.2 Å². The zero-order valence-electron chi connectivity index (χ0n) is 10.9. The minimum Gasteiger partial charge on any atom is -0.318 e. The molecule has 0 spiro atoms. The molecule has 0 atom stereocenters. The van der Waals surface area contributed by atoms with Crippen LogP contribution in [0.1, 0.15) is 15.9 Å². The maximum atomic E-state index is 13.6. The quantitative estimate of drug-likeness (QED) is 0.494. The van der Waals surface area contributed by atoms with Crippen molar-refractivity contribution in [3.05, 3.63) is 65.0 Å². The summed E-state index contributed by atoms with van der Waals surface area (Å²) in [4.78, 5) is 23.9. The number of hydrogen-bond donors (Lipinski definition) is 0. The molecule has 0 radical (unpaired) electrons. The van der Waals surface area contributed by atoms with Crippen molar-refractivity contribution in [1.82, 2.24) is 0 Å². The molecule has 0 bridgehead atoms. The van der Waals surface area contributed by atoms with Crippen molar-refractivity contribution < 1.29 is 22.8 Å². The first-order valence-electron chi connectivity index (χ1n) is 5.92. The Kier molecular flexibility index (Phi) is 4.07. The molecule has 0 N–H and O–H groups in total. The fourth-order valence-electron chi connectivity index (χ4n) is 1.77. The maximum absolute atomic E-state index is 13.6. The van der Waals surface area contributed by atoms with Gasteiger partial charge in [-0.25, -0.2) is 13.2 Å². The third-order valence-corrected chi connectivity index (χ3v) is 2.97. The molecule has 2 rings (SSSR count). The summed E-state index contributed by atoms with van der Waals surface area (Å²) in [6.45, 7) is 0. The summed E-state index contributed by atoms with van der Waals surface area (Å²) in [6.07, 6.45) is 0.589. The van der Waals surface area contributed by atoms with Crippen molar-refractivity contribution in [1.29, 1.82) is 0 Å². The summed E-state index contributed by atoms with van der Waals surface area (Å²) < 4.78 is 39.5. The number of hydrogen-bond acceptors (Lipinski definition) is 2. The lowest BCUT2D eigenvalue weighted by atomic mass is 10.0. The topological polar surface area (TPSA) is 37.4 Å². The highest BCUT2D eigenvalue weighted by Crippen LogP contribution is 2.20. The number of amides is 1. The number of anilines is 1. The number of carbonyl (C=O) groups excluding carboxylic acids is 2. The number of nitrogens with zero attached hydrogens (tertiary/aromatic N) is 1. The van der Waals surface area contributed by atoms with Crippen LogP contribution < -0.4 is 4.90 Å². The van der Waals surface area contributed by atoms with Crippen LogP contribution in [0.2, 0.25) is 0 Å². The number of carbonyl (C=O) groups is 2. The van der Waals surface area contributed by atoms with Gasteiger partial charge in [-0.2, -0.15) is 0 Å². The fraction of sp³-hybridized carbons (Fsp3) is 0.0667. The molecule has 108 valence electrons. The minimum atomic E-state index is -1.68. The molecule has 2 aromatic carbocycles. The second-order valence-electron chi connectivity index (χ2n) is 4.32. The average Bonchev–Trinajstić information content (AvgIpc) is 2.51. The highest BCUT2D eigenvalue weighted by atomic mass is 19.2. The van der Waals surface area contributed by atoms with E-state index in [2.05, 4.69) is 0 Å². The van der Waals surface area contributed by atoms with Gasteiger partial charge >= 0.3 is 0 Å². The van der Waals surface area contributed by atoms with E-state index in [0.29, 0.717) is 18.2 Å². The molecule has 0 aromatic heterocycles. The van der Waals surface area contributed by atoms with Gasteiger partial charge in [0, 0.05) is 18.3 Å². The third kappa shape index (κ3) is 2.79. The van der Waals surface area contributed by atoms with Crippen molar-refractivity contribution in [3.63, 3.8) is 0 Å². The van der Waals surface area contributed by atoms with E-state index in [0.717, 1.165) is 6.07 Å². The fourth-order valence-corrected chi connectivity index (χ4v) is 1.77. The van der Waals surface area contributed by atoms with Crippen molar-refractivity contribution >= 4 is 17.9 Å². The molecule has 0 unspecified atom stereocenters. The van der Waals surface area contributed by atoms with E-state index in [1.54, 1.807) is 0 Å². The minimum absolute atomic E-state index is 0.1000. The van der Waals surface area contributed by atoms with Crippen LogP contribution in [0.4, 0.5) is 18.9 Å². The van der Waals surface area contributed by atoms with Crippen LogP contribution in [0.5, 0.6) is 0 Å². The lowest BCUT2D eigenvalue weighted by Gasteiger charge is -2.11. The van der Waals surface area contributed by atoms with Gasteiger partial charge in [0.25, 0.3) is 0 Å². The number of rotatable bonds is 4. The molecule has 0 saturated carbocycles. The first-order chi connectivity index (χ1) is 9.95. The molecule has 0 aliphatic rings. The largest absolute Gasteiger partial charge is 0.318 e. The Morgan fingerprint density at radius 1 is 1.00 bits per heavy atom. The summed E-state index contributed by atoms with van der Waals surface area (Å²) in [5.74, 6) is -5.33. The van der Waals surface area contributed by atoms with E-state index in [9.17, 15) is 22.8 Å². The van der Waals surface area contributed by atoms with Crippen LogP contribution >= 0.6 is 0 Å². The first-order valence-corrected chi connectivity index (χ1v) is 5.92. The van der Waals surface area contributed by atoms with Crippen molar-refractivity contribution in [2.24, 2.45) is 0 Å². The lowest BCUT2D eigenvalue weighted by Crippen LogP contribution is -2.14. The molecule has 21 heavy (non-hydrogen) atoms. The summed E-state index contributed by atoms with van der Waals surface area (Å²) in [7, 11) is 1.53. The van der Waals surface area contributed by atoms with Gasteiger partial charge in [-0.05, 0) is 36.4 Å². The van der Waals surface area contributed by atoms with Crippen LogP contribution in [0.25, 0.3) is 0 Å². The van der Waals surface area contributed by atoms with Gasteiger partial charge in [0.05, 0.1) is 5.56 Å². The van der Waals surface area contributed by atoms with E-state index < -0.39 is 28.8 Å². The van der Waals surface area contributed by atoms with E-state index in [-0.39, 0.29) is 5.56 Å². The Morgan fingerprint density at radius 3 is 2.19 bits per heavy atom. The van der Waals surface area contributed by atoms with E-state index in [1.807, 2.05) is 0 Å². The summed E-state index contributed by atoms with van der Waals surface area (Å²) in [5, 5.41) is 0. The second kappa shape index (κ2) is 5.78. The van der Waals surface area contributed by atoms with Crippen LogP contribution in [0.3, 0.4) is 0 Å². The van der Waals surface area contributed by atoms with E-state index in [4.69, 9.17) is 0 Å². The van der Waals surface area contributed by atoms with Crippen LogP contribution in [-0.4, -0.2) is 19.2 Å². The predicted octanol–water partition coefficient (Wildman–Crippen LogP) is 2.93. The highest BCUT2D eigenvalue weighted by molar-refractivity contribution is 6.09. The number of halogens is 3. The van der Waals surface area contributed by atoms with Crippen LogP contribution in [0.15, 0.2) is 36.4 Å². The Morgan fingerprint density at radius 2 is 1.62 bits per heavy atom.